The van der Waals surface area contributed by atoms with Gasteiger partial charge in [0, 0.05) is 6.54 Å². The van der Waals surface area contributed by atoms with Crippen molar-refractivity contribution in [2.24, 2.45) is 0 Å². The quantitative estimate of drug-likeness (QED) is 0.928. The first-order valence-electron chi connectivity index (χ1n) is 8.26. The SMILES string of the molecule is CC(C)(C(=O)N1CCC(O)(c2ccccc2)C1)N1CCCC1. The second-order valence-electron chi connectivity index (χ2n) is 7.13. The van der Waals surface area contributed by atoms with Gasteiger partial charge in [-0.25, -0.2) is 0 Å². The van der Waals surface area contributed by atoms with Crippen LogP contribution >= 0.6 is 0 Å². The van der Waals surface area contributed by atoms with Crippen molar-refractivity contribution >= 4 is 5.91 Å². The van der Waals surface area contributed by atoms with E-state index < -0.39 is 11.1 Å². The molecule has 2 aliphatic heterocycles. The lowest BCUT2D eigenvalue weighted by molar-refractivity contribution is -0.142. The molecule has 1 atom stereocenters. The zero-order chi connectivity index (χ0) is 15.8. The summed E-state index contributed by atoms with van der Waals surface area (Å²) in [7, 11) is 0. The topological polar surface area (TPSA) is 43.8 Å². The van der Waals surface area contributed by atoms with Gasteiger partial charge in [-0.1, -0.05) is 30.3 Å². The summed E-state index contributed by atoms with van der Waals surface area (Å²) in [5.41, 5.74) is -0.472. The first-order valence-corrected chi connectivity index (χ1v) is 8.26. The predicted molar refractivity (Wildman–Crippen MR) is 86.4 cm³/mol. The smallest absolute Gasteiger partial charge is 0.242 e. The molecule has 0 aliphatic carbocycles. The van der Waals surface area contributed by atoms with Crippen LogP contribution in [0.5, 0.6) is 0 Å². The molecule has 2 saturated heterocycles. The molecule has 1 N–H and O–H groups in total. The highest BCUT2D eigenvalue weighted by atomic mass is 16.3. The van der Waals surface area contributed by atoms with Gasteiger partial charge in [-0.3, -0.25) is 9.69 Å². The molecule has 0 saturated carbocycles. The first kappa shape index (κ1) is 15.5. The van der Waals surface area contributed by atoms with Crippen molar-refractivity contribution in [2.45, 2.75) is 44.2 Å². The molecular formula is C18H26N2O2. The van der Waals surface area contributed by atoms with Gasteiger partial charge >= 0.3 is 0 Å². The van der Waals surface area contributed by atoms with Crippen LogP contribution in [-0.2, 0) is 10.4 Å². The molecule has 0 bridgehead atoms. The molecule has 1 amide bonds. The highest BCUT2D eigenvalue weighted by molar-refractivity contribution is 5.86. The van der Waals surface area contributed by atoms with Crippen LogP contribution in [0.2, 0.25) is 0 Å². The van der Waals surface area contributed by atoms with Gasteiger partial charge in [-0.2, -0.15) is 0 Å². The molecule has 4 nitrogen and oxygen atoms in total. The van der Waals surface area contributed by atoms with Crippen LogP contribution in [-0.4, -0.2) is 52.5 Å². The van der Waals surface area contributed by atoms with Crippen LogP contribution in [0, 0.1) is 0 Å². The van der Waals surface area contributed by atoms with Gasteiger partial charge in [0.1, 0.15) is 5.60 Å². The van der Waals surface area contributed by atoms with E-state index in [2.05, 4.69) is 4.90 Å². The molecule has 4 heteroatoms. The number of carbonyl (C=O) groups excluding carboxylic acids is 1. The molecule has 0 radical (unpaired) electrons. The Balaban J connectivity index is 1.73. The lowest BCUT2D eigenvalue weighted by Crippen LogP contribution is -2.55. The zero-order valence-electron chi connectivity index (χ0n) is 13.6. The molecule has 120 valence electrons. The van der Waals surface area contributed by atoms with Crippen LogP contribution in [0.3, 0.4) is 0 Å². The summed E-state index contributed by atoms with van der Waals surface area (Å²) in [5.74, 6) is 0.140. The number of carbonyl (C=O) groups is 1. The average molecular weight is 302 g/mol. The molecular weight excluding hydrogens is 276 g/mol. The molecule has 0 aromatic heterocycles. The van der Waals surface area contributed by atoms with E-state index in [1.165, 1.54) is 12.8 Å². The molecule has 22 heavy (non-hydrogen) atoms. The summed E-state index contributed by atoms with van der Waals surface area (Å²) in [6.07, 6.45) is 2.95. The van der Waals surface area contributed by atoms with Crippen molar-refractivity contribution < 1.29 is 9.90 Å². The summed E-state index contributed by atoms with van der Waals surface area (Å²) in [5, 5.41) is 10.9. The minimum absolute atomic E-state index is 0.140. The van der Waals surface area contributed by atoms with Crippen molar-refractivity contribution in [3.8, 4) is 0 Å². The third-order valence-corrected chi connectivity index (χ3v) is 5.27. The lowest BCUT2D eigenvalue weighted by atomic mass is 9.93. The Labute approximate surface area is 132 Å². The monoisotopic (exact) mass is 302 g/mol. The zero-order valence-corrected chi connectivity index (χ0v) is 13.6. The van der Waals surface area contributed by atoms with Gasteiger partial charge < -0.3 is 10.0 Å². The van der Waals surface area contributed by atoms with E-state index in [1.807, 2.05) is 49.1 Å². The van der Waals surface area contributed by atoms with Crippen molar-refractivity contribution in [3.05, 3.63) is 35.9 Å². The predicted octanol–water partition coefficient (Wildman–Crippen LogP) is 1.98. The van der Waals surface area contributed by atoms with Crippen LogP contribution in [0.15, 0.2) is 30.3 Å². The molecule has 1 aromatic carbocycles. The van der Waals surface area contributed by atoms with Crippen molar-refractivity contribution in [3.63, 3.8) is 0 Å². The van der Waals surface area contributed by atoms with E-state index in [9.17, 15) is 9.90 Å². The highest BCUT2D eigenvalue weighted by Crippen LogP contribution is 2.34. The van der Waals surface area contributed by atoms with Gasteiger partial charge in [-0.05, 0) is 51.8 Å². The van der Waals surface area contributed by atoms with Gasteiger partial charge in [0.15, 0.2) is 0 Å². The number of benzene rings is 1. The Hall–Kier alpha value is -1.39. The number of hydrogen-bond acceptors (Lipinski definition) is 3. The standard InChI is InChI=1S/C18H26N2O2/c1-17(2,20-11-6-7-12-20)16(21)19-13-10-18(22,14-19)15-8-4-3-5-9-15/h3-5,8-9,22H,6-7,10-14H2,1-2H3. The fraction of sp³-hybridized carbons (Fsp3) is 0.611. The van der Waals surface area contributed by atoms with E-state index in [4.69, 9.17) is 0 Å². The van der Waals surface area contributed by atoms with Gasteiger partial charge in [0.25, 0.3) is 0 Å². The number of amides is 1. The summed E-state index contributed by atoms with van der Waals surface area (Å²) in [4.78, 5) is 17.1. The third-order valence-electron chi connectivity index (χ3n) is 5.27. The Bertz CT molecular complexity index is 537. The Morgan fingerprint density at radius 2 is 1.77 bits per heavy atom. The summed E-state index contributed by atoms with van der Waals surface area (Å²) < 4.78 is 0. The van der Waals surface area contributed by atoms with Crippen molar-refractivity contribution in [2.75, 3.05) is 26.2 Å². The number of hydrogen-bond donors (Lipinski definition) is 1. The van der Waals surface area contributed by atoms with E-state index in [-0.39, 0.29) is 5.91 Å². The number of β-amino-alcohol motifs (C(OH)–C–C–N with tert-alkyl or cyclic N) is 1. The van der Waals surface area contributed by atoms with Crippen molar-refractivity contribution in [1.82, 2.24) is 9.80 Å². The summed E-state index contributed by atoms with van der Waals surface area (Å²) in [6, 6.07) is 9.71. The largest absolute Gasteiger partial charge is 0.383 e. The van der Waals surface area contributed by atoms with Gasteiger partial charge in [0.2, 0.25) is 5.91 Å². The molecule has 0 spiro atoms. The first-order chi connectivity index (χ1) is 10.4. The van der Waals surface area contributed by atoms with Crippen molar-refractivity contribution in [1.29, 1.82) is 0 Å². The van der Waals surface area contributed by atoms with Crippen LogP contribution in [0.25, 0.3) is 0 Å². The number of nitrogens with zero attached hydrogens (tertiary/aromatic N) is 2. The maximum absolute atomic E-state index is 12.9. The molecule has 2 heterocycles. The Morgan fingerprint density at radius 1 is 1.14 bits per heavy atom. The Kier molecular flexibility index (Phi) is 4.00. The number of rotatable bonds is 3. The lowest BCUT2D eigenvalue weighted by Gasteiger charge is -2.37. The minimum Gasteiger partial charge on any atom is -0.383 e. The second-order valence-corrected chi connectivity index (χ2v) is 7.13. The third kappa shape index (κ3) is 2.66. The summed E-state index contributed by atoms with van der Waals surface area (Å²) >= 11 is 0. The minimum atomic E-state index is -0.905. The summed E-state index contributed by atoms with van der Waals surface area (Å²) in [6.45, 7) is 7.04. The maximum Gasteiger partial charge on any atom is 0.242 e. The fourth-order valence-electron chi connectivity index (χ4n) is 3.75. The van der Waals surface area contributed by atoms with Crippen LogP contribution < -0.4 is 0 Å². The molecule has 1 aromatic rings. The van der Waals surface area contributed by atoms with Crippen LogP contribution in [0.4, 0.5) is 0 Å². The van der Waals surface area contributed by atoms with Crippen LogP contribution in [0.1, 0.15) is 38.7 Å². The average Bonchev–Trinajstić information content (AvgIpc) is 3.18. The van der Waals surface area contributed by atoms with Gasteiger partial charge in [-0.15, -0.1) is 0 Å². The van der Waals surface area contributed by atoms with E-state index in [0.717, 1.165) is 18.7 Å². The molecule has 2 fully saturated rings. The maximum atomic E-state index is 12.9. The van der Waals surface area contributed by atoms with E-state index in [1.54, 1.807) is 0 Å². The fourth-order valence-corrected chi connectivity index (χ4v) is 3.75. The molecule has 3 rings (SSSR count). The Morgan fingerprint density at radius 3 is 2.41 bits per heavy atom. The van der Waals surface area contributed by atoms with E-state index in [0.29, 0.717) is 19.5 Å². The number of likely N-dealkylation sites (tertiary alicyclic amines) is 2. The number of aliphatic hydroxyl groups is 1. The molecule has 2 aliphatic rings. The molecule has 1 unspecified atom stereocenters. The highest BCUT2D eigenvalue weighted by Gasteiger charge is 2.45. The van der Waals surface area contributed by atoms with E-state index >= 15 is 0 Å². The van der Waals surface area contributed by atoms with Gasteiger partial charge in [0.05, 0.1) is 12.1 Å². The normalized spacial score (nSPS) is 26.6. The second kappa shape index (κ2) is 5.67.